The van der Waals surface area contributed by atoms with E-state index in [1.54, 1.807) is 0 Å². The molecule has 2 aromatic rings. The lowest BCUT2D eigenvalue weighted by molar-refractivity contribution is 0.0945. The highest BCUT2D eigenvalue weighted by Crippen LogP contribution is 2.23. The van der Waals surface area contributed by atoms with Gasteiger partial charge in [-0.15, -0.1) is 0 Å². The lowest BCUT2D eigenvalue weighted by Gasteiger charge is -2.34. The molecule has 3 rings (SSSR count). The first-order chi connectivity index (χ1) is 9.58. The standard InChI is InChI=1S/C14H21N5O/c1-10-4-11(18(3)16-10)6-19-7-13-14(5-12(19)8-20)17(2)9-15-13/h4,9,12,20H,5-8H2,1-3H3. The molecule has 2 aromatic heterocycles. The fourth-order valence-electron chi connectivity index (χ4n) is 2.96. The van der Waals surface area contributed by atoms with Gasteiger partial charge in [0.25, 0.3) is 0 Å². The molecule has 108 valence electrons. The van der Waals surface area contributed by atoms with Gasteiger partial charge in [-0.25, -0.2) is 4.98 Å². The highest BCUT2D eigenvalue weighted by molar-refractivity contribution is 5.19. The zero-order chi connectivity index (χ0) is 14.3. The van der Waals surface area contributed by atoms with Crippen LogP contribution in [-0.2, 0) is 33.6 Å². The minimum absolute atomic E-state index is 0.146. The van der Waals surface area contributed by atoms with Gasteiger partial charge in [0.2, 0.25) is 0 Å². The van der Waals surface area contributed by atoms with E-state index in [1.807, 2.05) is 32.0 Å². The molecule has 3 heterocycles. The van der Waals surface area contributed by atoms with E-state index in [0.29, 0.717) is 0 Å². The third-order valence-corrected chi connectivity index (χ3v) is 4.12. The lowest BCUT2D eigenvalue weighted by Crippen LogP contribution is -2.43. The minimum Gasteiger partial charge on any atom is -0.395 e. The average Bonchev–Trinajstić information content (AvgIpc) is 2.92. The molecule has 0 aliphatic carbocycles. The lowest BCUT2D eigenvalue weighted by atomic mass is 10.0. The Labute approximate surface area is 118 Å². The van der Waals surface area contributed by atoms with E-state index in [0.717, 1.165) is 30.9 Å². The number of hydrogen-bond donors (Lipinski definition) is 1. The fourth-order valence-corrected chi connectivity index (χ4v) is 2.96. The van der Waals surface area contributed by atoms with E-state index in [-0.39, 0.29) is 12.6 Å². The Morgan fingerprint density at radius 3 is 2.85 bits per heavy atom. The summed E-state index contributed by atoms with van der Waals surface area (Å²) in [5.74, 6) is 0. The Morgan fingerprint density at radius 2 is 2.20 bits per heavy atom. The van der Waals surface area contributed by atoms with Crippen LogP contribution in [0, 0.1) is 6.92 Å². The van der Waals surface area contributed by atoms with Crippen LogP contribution >= 0.6 is 0 Å². The third-order valence-electron chi connectivity index (χ3n) is 4.12. The van der Waals surface area contributed by atoms with Gasteiger partial charge in [-0.3, -0.25) is 9.58 Å². The van der Waals surface area contributed by atoms with Crippen LogP contribution < -0.4 is 0 Å². The molecule has 0 radical (unpaired) electrons. The largest absolute Gasteiger partial charge is 0.395 e. The maximum absolute atomic E-state index is 9.67. The van der Waals surface area contributed by atoms with E-state index < -0.39 is 0 Å². The second kappa shape index (κ2) is 5.03. The van der Waals surface area contributed by atoms with Gasteiger partial charge >= 0.3 is 0 Å². The molecule has 6 nitrogen and oxygen atoms in total. The Balaban J connectivity index is 1.84. The van der Waals surface area contributed by atoms with Crippen LogP contribution in [0.15, 0.2) is 12.4 Å². The number of aliphatic hydroxyl groups is 1. The molecule has 0 saturated carbocycles. The zero-order valence-corrected chi connectivity index (χ0v) is 12.2. The van der Waals surface area contributed by atoms with Crippen LogP contribution in [0.3, 0.4) is 0 Å². The predicted molar refractivity (Wildman–Crippen MR) is 75.0 cm³/mol. The van der Waals surface area contributed by atoms with Gasteiger partial charge in [-0.05, 0) is 13.0 Å². The molecule has 6 heteroatoms. The van der Waals surface area contributed by atoms with Crippen molar-refractivity contribution in [2.75, 3.05) is 6.61 Å². The molecule has 0 fully saturated rings. The Hall–Kier alpha value is -1.66. The van der Waals surface area contributed by atoms with Gasteiger partial charge < -0.3 is 9.67 Å². The number of aliphatic hydroxyl groups excluding tert-OH is 1. The summed E-state index contributed by atoms with van der Waals surface area (Å²) >= 11 is 0. The maximum Gasteiger partial charge on any atom is 0.0949 e. The van der Waals surface area contributed by atoms with Crippen molar-refractivity contribution in [2.24, 2.45) is 14.1 Å². The molecule has 1 unspecified atom stereocenters. The SMILES string of the molecule is Cc1cc(CN2Cc3ncn(C)c3CC2CO)n(C)n1. The summed E-state index contributed by atoms with van der Waals surface area (Å²) in [6.45, 7) is 3.74. The third kappa shape index (κ3) is 2.25. The molecule has 1 aliphatic rings. The van der Waals surface area contributed by atoms with Gasteiger partial charge in [0, 0.05) is 45.3 Å². The highest BCUT2D eigenvalue weighted by atomic mass is 16.3. The van der Waals surface area contributed by atoms with Crippen molar-refractivity contribution in [1.82, 2.24) is 24.2 Å². The highest BCUT2D eigenvalue weighted by Gasteiger charge is 2.28. The Bertz CT molecular complexity index is 615. The first-order valence-corrected chi connectivity index (χ1v) is 6.92. The zero-order valence-electron chi connectivity index (χ0n) is 12.2. The normalized spacial score (nSPS) is 19.3. The maximum atomic E-state index is 9.67. The molecular formula is C14H21N5O. The van der Waals surface area contributed by atoms with Gasteiger partial charge in [-0.2, -0.15) is 5.10 Å². The summed E-state index contributed by atoms with van der Waals surface area (Å²) in [7, 11) is 3.98. The first-order valence-electron chi connectivity index (χ1n) is 6.92. The molecule has 0 saturated heterocycles. The van der Waals surface area contributed by atoms with Crippen LogP contribution in [-0.4, -0.2) is 42.0 Å². The summed E-state index contributed by atoms with van der Waals surface area (Å²) in [5.41, 5.74) is 4.55. The molecule has 0 aromatic carbocycles. The number of aromatic nitrogens is 4. The van der Waals surface area contributed by atoms with Crippen molar-refractivity contribution >= 4 is 0 Å². The van der Waals surface area contributed by atoms with Gasteiger partial charge in [0.15, 0.2) is 0 Å². The summed E-state index contributed by atoms with van der Waals surface area (Å²) in [6.07, 6.45) is 2.70. The van der Waals surface area contributed by atoms with Crippen LogP contribution in [0.25, 0.3) is 0 Å². The van der Waals surface area contributed by atoms with Crippen LogP contribution in [0.4, 0.5) is 0 Å². The Morgan fingerprint density at radius 1 is 1.40 bits per heavy atom. The predicted octanol–water partition coefficient (Wildman–Crippen LogP) is 0.381. The first kappa shape index (κ1) is 13.3. The fraction of sp³-hybridized carbons (Fsp3) is 0.571. The summed E-state index contributed by atoms with van der Waals surface area (Å²) in [5, 5.41) is 14.1. The van der Waals surface area contributed by atoms with Crippen LogP contribution in [0.1, 0.15) is 22.8 Å². The number of fused-ring (bicyclic) bond motifs is 1. The number of imidazole rings is 1. The van der Waals surface area contributed by atoms with Crippen molar-refractivity contribution in [3.05, 3.63) is 35.2 Å². The quantitative estimate of drug-likeness (QED) is 0.880. The van der Waals surface area contributed by atoms with E-state index in [9.17, 15) is 5.11 Å². The van der Waals surface area contributed by atoms with E-state index in [1.165, 1.54) is 11.4 Å². The molecule has 0 bridgehead atoms. The molecule has 20 heavy (non-hydrogen) atoms. The van der Waals surface area contributed by atoms with Crippen LogP contribution in [0.5, 0.6) is 0 Å². The molecule has 1 N–H and O–H groups in total. The summed E-state index contributed by atoms with van der Waals surface area (Å²) < 4.78 is 3.97. The number of nitrogens with zero attached hydrogens (tertiary/aromatic N) is 5. The van der Waals surface area contributed by atoms with Crippen molar-refractivity contribution in [3.63, 3.8) is 0 Å². The molecule has 1 atom stereocenters. The molecule has 1 aliphatic heterocycles. The Kier molecular flexibility index (Phi) is 3.35. The number of aryl methyl sites for hydroxylation is 3. The second-order valence-corrected chi connectivity index (χ2v) is 5.60. The minimum atomic E-state index is 0.146. The monoisotopic (exact) mass is 275 g/mol. The van der Waals surface area contributed by atoms with Gasteiger partial charge in [-0.1, -0.05) is 0 Å². The molecule has 0 spiro atoms. The summed E-state index contributed by atoms with van der Waals surface area (Å²) in [4.78, 5) is 6.75. The van der Waals surface area contributed by atoms with Crippen molar-refractivity contribution in [1.29, 1.82) is 0 Å². The molecule has 0 amide bonds. The second-order valence-electron chi connectivity index (χ2n) is 5.60. The smallest absolute Gasteiger partial charge is 0.0949 e. The van der Waals surface area contributed by atoms with Crippen LogP contribution in [0.2, 0.25) is 0 Å². The van der Waals surface area contributed by atoms with E-state index in [2.05, 4.69) is 25.6 Å². The van der Waals surface area contributed by atoms with E-state index in [4.69, 9.17) is 0 Å². The van der Waals surface area contributed by atoms with Crippen molar-refractivity contribution < 1.29 is 5.11 Å². The van der Waals surface area contributed by atoms with Gasteiger partial charge in [0.1, 0.15) is 0 Å². The van der Waals surface area contributed by atoms with Crippen molar-refractivity contribution in [2.45, 2.75) is 32.5 Å². The van der Waals surface area contributed by atoms with Crippen molar-refractivity contribution in [3.8, 4) is 0 Å². The topological polar surface area (TPSA) is 59.1 Å². The van der Waals surface area contributed by atoms with Gasteiger partial charge in [0.05, 0.1) is 30.0 Å². The summed E-state index contributed by atoms with van der Waals surface area (Å²) in [6, 6.07) is 2.25. The average molecular weight is 275 g/mol. The van der Waals surface area contributed by atoms with E-state index >= 15 is 0 Å². The molecular weight excluding hydrogens is 254 g/mol. The number of hydrogen-bond acceptors (Lipinski definition) is 4. The number of rotatable bonds is 3.